The third-order valence-electron chi connectivity index (χ3n) is 4.92. The smallest absolute Gasteiger partial charge is 0.279 e. The van der Waals surface area contributed by atoms with Crippen LogP contribution in [0.5, 0.6) is 0 Å². The molecule has 0 aliphatic heterocycles. The van der Waals surface area contributed by atoms with E-state index in [9.17, 15) is 13.2 Å². The summed E-state index contributed by atoms with van der Waals surface area (Å²) in [5, 5.41) is 0.443. The van der Waals surface area contributed by atoms with Gasteiger partial charge in [-0.2, -0.15) is 4.99 Å². The third kappa shape index (κ3) is 4.48. The fraction of sp³-hybridized carbons (Fsp3) is 0.130. The summed E-state index contributed by atoms with van der Waals surface area (Å²) in [6.07, 6.45) is 0. The number of anilines is 1. The standard InChI is InChI=1S/C23H20ClN3O3S2/c1-14-11-15(2)21-20(12-14)31-23(27(21)3)25-22(28)16-5-4-6-18(13-16)26-32(29,30)19-9-7-17(24)8-10-19/h4-13,26H,1-3H3. The zero-order valence-electron chi connectivity index (χ0n) is 17.6. The van der Waals surface area contributed by atoms with Crippen LogP contribution in [0.25, 0.3) is 10.2 Å². The lowest BCUT2D eigenvalue weighted by atomic mass is 10.1. The second kappa shape index (κ2) is 8.54. The van der Waals surface area contributed by atoms with E-state index in [0.717, 1.165) is 21.3 Å². The maximum Gasteiger partial charge on any atom is 0.279 e. The number of hydrogen-bond donors (Lipinski definition) is 1. The lowest BCUT2D eigenvalue weighted by Crippen LogP contribution is -2.15. The second-order valence-electron chi connectivity index (χ2n) is 7.43. The fourth-order valence-corrected chi connectivity index (χ4v) is 5.85. The van der Waals surface area contributed by atoms with E-state index in [1.165, 1.54) is 41.7 Å². The summed E-state index contributed by atoms with van der Waals surface area (Å²) >= 11 is 7.27. The zero-order valence-corrected chi connectivity index (χ0v) is 20.0. The van der Waals surface area contributed by atoms with Gasteiger partial charge in [0.25, 0.3) is 15.9 Å². The first kappa shape index (κ1) is 22.3. The van der Waals surface area contributed by atoms with Crippen LogP contribution in [0.4, 0.5) is 5.69 Å². The Morgan fingerprint density at radius 3 is 2.50 bits per heavy atom. The molecular weight excluding hydrogens is 466 g/mol. The Kier molecular flexibility index (Phi) is 5.94. The van der Waals surface area contributed by atoms with Gasteiger partial charge in [-0.05, 0) is 73.5 Å². The van der Waals surface area contributed by atoms with Crippen molar-refractivity contribution in [2.24, 2.45) is 12.0 Å². The van der Waals surface area contributed by atoms with E-state index in [4.69, 9.17) is 11.6 Å². The van der Waals surface area contributed by atoms with Crippen LogP contribution in [0, 0.1) is 13.8 Å². The molecule has 32 heavy (non-hydrogen) atoms. The highest BCUT2D eigenvalue weighted by Crippen LogP contribution is 2.23. The Bertz CT molecular complexity index is 1520. The van der Waals surface area contributed by atoms with Crippen LogP contribution in [0.1, 0.15) is 21.5 Å². The predicted octanol–water partition coefficient (Wildman–Crippen LogP) is 5.05. The lowest BCUT2D eigenvalue weighted by molar-refractivity contribution is 0.0998. The maximum absolute atomic E-state index is 12.9. The third-order valence-corrected chi connectivity index (χ3v) is 7.64. The van der Waals surface area contributed by atoms with Crippen molar-refractivity contribution in [3.8, 4) is 0 Å². The quantitative estimate of drug-likeness (QED) is 0.439. The SMILES string of the molecule is Cc1cc(C)c2c(c1)sc(=NC(=O)c1cccc(NS(=O)(=O)c3ccc(Cl)cc3)c1)n2C. The molecule has 0 radical (unpaired) electrons. The number of halogens is 1. The Morgan fingerprint density at radius 2 is 1.78 bits per heavy atom. The minimum absolute atomic E-state index is 0.0753. The van der Waals surface area contributed by atoms with Gasteiger partial charge in [0.15, 0.2) is 4.80 Å². The summed E-state index contributed by atoms with van der Waals surface area (Å²) in [7, 11) is -1.94. The number of fused-ring (bicyclic) bond motifs is 1. The highest BCUT2D eigenvalue weighted by Gasteiger charge is 2.15. The molecule has 0 spiro atoms. The molecule has 0 aliphatic carbocycles. The number of aryl methyl sites for hydroxylation is 3. The summed E-state index contributed by atoms with van der Waals surface area (Å²) in [5.74, 6) is -0.450. The predicted molar refractivity (Wildman–Crippen MR) is 129 cm³/mol. The van der Waals surface area contributed by atoms with Crippen LogP contribution in [0.3, 0.4) is 0 Å². The number of sulfonamides is 1. The summed E-state index contributed by atoms with van der Waals surface area (Å²) in [6, 6.07) is 16.3. The molecule has 4 rings (SSSR count). The molecular formula is C23H20ClN3O3S2. The van der Waals surface area contributed by atoms with E-state index >= 15 is 0 Å². The Morgan fingerprint density at radius 1 is 1.06 bits per heavy atom. The molecule has 0 fully saturated rings. The van der Waals surface area contributed by atoms with Crippen LogP contribution in [-0.2, 0) is 17.1 Å². The van der Waals surface area contributed by atoms with E-state index in [1.54, 1.807) is 18.2 Å². The molecule has 0 atom stereocenters. The summed E-state index contributed by atoms with van der Waals surface area (Å²) < 4.78 is 30.7. The highest BCUT2D eigenvalue weighted by atomic mass is 35.5. The average Bonchev–Trinajstić information content (AvgIpc) is 3.03. The number of thiazole rings is 1. The number of nitrogens with zero attached hydrogens (tertiary/aromatic N) is 2. The molecule has 0 saturated heterocycles. The molecule has 0 unspecified atom stereocenters. The number of carbonyl (C=O) groups excluding carboxylic acids is 1. The van der Waals surface area contributed by atoms with E-state index in [1.807, 2.05) is 25.5 Å². The molecule has 9 heteroatoms. The van der Waals surface area contributed by atoms with Crippen molar-refractivity contribution in [3.05, 3.63) is 87.2 Å². The van der Waals surface area contributed by atoms with Crippen LogP contribution in [-0.4, -0.2) is 18.9 Å². The fourth-order valence-electron chi connectivity index (χ4n) is 3.48. The van der Waals surface area contributed by atoms with Gasteiger partial charge in [-0.1, -0.05) is 35.1 Å². The number of carbonyl (C=O) groups is 1. The largest absolute Gasteiger partial charge is 0.319 e. The van der Waals surface area contributed by atoms with E-state index in [-0.39, 0.29) is 16.1 Å². The minimum atomic E-state index is -3.82. The Balaban J connectivity index is 1.66. The molecule has 1 heterocycles. The Labute approximate surface area is 194 Å². The Hall–Kier alpha value is -2.94. The first-order valence-electron chi connectivity index (χ1n) is 9.68. The van der Waals surface area contributed by atoms with Gasteiger partial charge < -0.3 is 4.57 Å². The van der Waals surface area contributed by atoms with Crippen LogP contribution in [0.15, 0.2) is 70.6 Å². The highest BCUT2D eigenvalue weighted by molar-refractivity contribution is 7.92. The second-order valence-corrected chi connectivity index (χ2v) is 10.6. The van der Waals surface area contributed by atoms with E-state index in [2.05, 4.69) is 21.8 Å². The van der Waals surface area contributed by atoms with Gasteiger partial charge in [0.1, 0.15) is 0 Å². The topological polar surface area (TPSA) is 80.5 Å². The van der Waals surface area contributed by atoms with Crippen LogP contribution in [0.2, 0.25) is 5.02 Å². The maximum atomic E-state index is 12.9. The summed E-state index contributed by atoms with van der Waals surface area (Å²) in [6.45, 7) is 4.06. The average molecular weight is 486 g/mol. The van der Waals surface area contributed by atoms with E-state index < -0.39 is 15.9 Å². The number of amides is 1. The normalized spacial score (nSPS) is 12.3. The number of benzene rings is 3. The summed E-state index contributed by atoms with van der Waals surface area (Å²) in [4.78, 5) is 17.8. The van der Waals surface area contributed by atoms with Gasteiger partial charge in [0.2, 0.25) is 0 Å². The van der Waals surface area contributed by atoms with Gasteiger partial charge in [-0.25, -0.2) is 8.42 Å². The first-order chi connectivity index (χ1) is 15.1. The van der Waals surface area contributed by atoms with Gasteiger partial charge in [-0.15, -0.1) is 0 Å². The lowest BCUT2D eigenvalue weighted by Gasteiger charge is -2.09. The molecule has 3 aromatic carbocycles. The summed E-state index contributed by atoms with van der Waals surface area (Å²) in [5.41, 5.74) is 3.86. The minimum Gasteiger partial charge on any atom is -0.319 e. The van der Waals surface area contributed by atoms with Gasteiger partial charge in [0.05, 0.1) is 15.1 Å². The zero-order chi connectivity index (χ0) is 23.0. The van der Waals surface area contributed by atoms with Gasteiger partial charge in [-0.3, -0.25) is 9.52 Å². The first-order valence-corrected chi connectivity index (χ1v) is 12.4. The van der Waals surface area contributed by atoms with Crippen molar-refractivity contribution in [3.63, 3.8) is 0 Å². The molecule has 0 bridgehead atoms. The van der Waals surface area contributed by atoms with Crippen molar-refractivity contribution in [1.29, 1.82) is 0 Å². The number of hydrogen-bond acceptors (Lipinski definition) is 4. The van der Waals surface area contributed by atoms with Crippen molar-refractivity contribution in [1.82, 2.24) is 4.57 Å². The number of aromatic nitrogens is 1. The van der Waals surface area contributed by atoms with Crippen molar-refractivity contribution < 1.29 is 13.2 Å². The van der Waals surface area contributed by atoms with Crippen molar-refractivity contribution in [2.75, 3.05) is 4.72 Å². The molecule has 0 aliphatic rings. The molecule has 1 N–H and O–H groups in total. The molecule has 6 nitrogen and oxygen atoms in total. The molecule has 164 valence electrons. The van der Waals surface area contributed by atoms with E-state index in [0.29, 0.717) is 9.82 Å². The van der Waals surface area contributed by atoms with Gasteiger partial charge >= 0.3 is 0 Å². The van der Waals surface area contributed by atoms with Crippen LogP contribution < -0.4 is 9.52 Å². The van der Waals surface area contributed by atoms with Gasteiger partial charge in [0, 0.05) is 23.3 Å². The molecule has 0 saturated carbocycles. The monoisotopic (exact) mass is 485 g/mol. The molecule has 1 aromatic heterocycles. The van der Waals surface area contributed by atoms with Crippen LogP contribution >= 0.6 is 22.9 Å². The number of rotatable bonds is 4. The molecule has 1 amide bonds. The van der Waals surface area contributed by atoms with Crippen molar-refractivity contribution >= 4 is 54.8 Å². The molecule has 4 aromatic rings. The number of nitrogens with one attached hydrogen (secondary N) is 1. The van der Waals surface area contributed by atoms with Crippen molar-refractivity contribution in [2.45, 2.75) is 18.7 Å².